The molecule has 0 bridgehead atoms. The number of thioether (sulfide) groups is 1. The fourth-order valence-electron chi connectivity index (χ4n) is 1.45. The van der Waals surface area contributed by atoms with Crippen molar-refractivity contribution >= 4 is 23.4 Å². The van der Waals surface area contributed by atoms with Crippen molar-refractivity contribution in [2.24, 2.45) is 0 Å². The lowest BCUT2D eigenvalue weighted by Crippen LogP contribution is -2.23. The first-order valence-electron chi connectivity index (χ1n) is 5.44. The van der Waals surface area contributed by atoms with Gasteiger partial charge in [-0.05, 0) is 26.5 Å². The van der Waals surface area contributed by atoms with Gasteiger partial charge in [0.15, 0.2) is 0 Å². The summed E-state index contributed by atoms with van der Waals surface area (Å²) >= 11 is 1.83. The van der Waals surface area contributed by atoms with Crippen LogP contribution in [0, 0.1) is 13.8 Å². The van der Waals surface area contributed by atoms with E-state index in [1.54, 1.807) is 0 Å². The van der Waals surface area contributed by atoms with E-state index in [1.165, 1.54) is 0 Å². The molecule has 1 aromatic heterocycles. The number of rotatable bonds is 5. The molecule has 4 nitrogen and oxygen atoms in total. The summed E-state index contributed by atoms with van der Waals surface area (Å²) in [5.74, 6) is 3.21. The standard InChI is InChI=1S/C11H20N4S/c1-5-9(6-16-4)15-11-7(2)10(12)13-8(3)14-11/h9H,5-6H2,1-4H3,(H3,12,13,14,15). The van der Waals surface area contributed by atoms with E-state index >= 15 is 0 Å². The van der Waals surface area contributed by atoms with Gasteiger partial charge in [0.2, 0.25) is 0 Å². The van der Waals surface area contributed by atoms with Gasteiger partial charge < -0.3 is 11.1 Å². The Morgan fingerprint density at radius 1 is 1.38 bits per heavy atom. The van der Waals surface area contributed by atoms with Crippen LogP contribution in [0.2, 0.25) is 0 Å². The summed E-state index contributed by atoms with van der Waals surface area (Å²) in [7, 11) is 0. The molecule has 0 aliphatic carbocycles. The molecule has 5 heteroatoms. The third kappa shape index (κ3) is 3.27. The van der Waals surface area contributed by atoms with E-state index in [9.17, 15) is 0 Å². The van der Waals surface area contributed by atoms with Crippen molar-refractivity contribution in [1.82, 2.24) is 9.97 Å². The minimum atomic E-state index is 0.433. The van der Waals surface area contributed by atoms with Crippen molar-refractivity contribution < 1.29 is 0 Å². The molecule has 1 heterocycles. The summed E-state index contributed by atoms with van der Waals surface area (Å²) in [6.45, 7) is 5.97. The van der Waals surface area contributed by atoms with Crippen molar-refractivity contribution in [2.45, 2.75) is 33.2 Å². The Bertz CT molecular complexity index is 354. The summed E-state index contributed by atoms with van der Waals surface area (Å²) in [6, 6.07) is 0.433. The van der Waals surface area contributed by atoms with Gasteiger partial charge >= 0.3 is 0 Å². The lowest BCUT2D eigenvalue weighted by molar-refractivity contribution is 0.766. The SMILES string of the molecule is CCC(CSC)Nc1nc(C)nc(N)c1C. The van der Waals surface area contributed by atoms with Crippen LogP contribution in [0.1, 0.15) is 24.7 Å². The fourth-order valence-corrected chi connectivity index (χ4v) is 2.17. The van der Waals surface area contributed by atoms with Crippen LogP contribution in [-0.2, 0) is 0 Å². The van der Waals surface area contributed by atoms with Crippen molar-refractivity contribution in [2.75, 3.05) is 23.1 Å². The van der Waals surface area contributed by atoms with Gasteiger partial charge in [-0.2, -0.15) is 11.8 Å². The predicted molar refractivity (Wildman–Crippen MR) is 72.0 cm³/mol. The number of nitrogen functional groups attached to an aromatic ring is 1. The zero-order valence-electron chi connectivity index (χ0n) is 10.4. The summed E-state index contributed by atoms with van der Waals surface area (Å²) in [6.07, 6.45) is 3.18. The molecule has 90 valence electrons. The first kappa shape index (κ1) is 13.1. The van der Waals surface area contributed by atoms with E-state index < -0.39 is 0 Å². The van der Waals surface area contributed by atoms with Gasteiger partial charge in [0.05, 0.1) is 0 Å². The van der Waals surface area contributed by atoms with E-state index in [0.717, 1.165) is 23.6 Å². The second-order valence-corrected chi connectivity index (χ2v) is 4.75. The minimum absolute atomic E-state index is 0.433. The average Bonchev–Trinajstić information content (AvgIpc) is 2.24. The zero-order chi connectivity index (χ0) is 12.1. The topological polar surface area (TPSA) is 63.8 Å². The molecule has 0 aliphatic heterocycles. The fraction of sp³-hybridized carbons (Fsp3) is 0.636. The first-order valence-corrected chi connectivity index (χ1v) is 6.84. The maximum absolute atomic E-state index is 5.82. The van der Waals surface area contributed by atoms with Gasteiger partial charge in [0.25, 0.3) is 0 Å². The van der Waals surface area contributed by atoms with Crippen LogP contribution in [-0.4, -0.2) is 28.0 Å². The highest BCUT2D eigenvalue weighted by atomic mass is 32.2. The average molecular weight is 240 g/mol. The highest BCUT2D eigenvalue weighted by Gasteiger charge is 2.11. The molecule has 0 aliphatic rings. The monoisotopic (exact) mass is 240 g/mol. The van der Waals surface area contributed by atoms with Crippen LogP contribution < -0.4 is 11.1 Å². The van der Waals surface area contributed by atoms with Crippen LogP contribution in [0.4, 0.5) is 11.6 Å². The molecule has 3 N–H and O–H groups in total. The Labute approximate surface area is 101 Å². The number of aryl methyl sites for hydroxylation is 1. The van der Waals surface area contributed by atoms with Crippen LogP contribution in [0.25, 0.3) is 0 Å². The van der Waals surface area contributed by atoms with E-state index in [4.69, 9.17) is 5.73 Å². The zero-order valence-corrected chi connectivity index (χ0v) is 11.2. The van der Waals surface area contributed by atoms with Crippen LogP contribution in [0.15, 0.2) is 0 Å². The molecule has 16 heavy (non-hydrogen) atoms. The van der Waals surface area contributed by atoms with E-state index in [-0.39, 0.29) is 0 Å². The number of hydrogen-bond donors (Lipinski definition) is 2. The highest BCUT2D eigenvalue weighted by Crippen LogP contribution is 2.19. The number of hydrogen-bond acceptors (Lipinski definition) is 5. The normalized spacial score (nSPS) is 12.5. The Morgan fingerprint density at radius 2 is 2.06 bits per heavy atom. The van der Waals surface area contributed by atoms with Crippen molar-refractivity contribution in [3.63, 3.8) is 0 Å². The predicted octanol–water partition coefficient (Wildman–Crippen LogP) is 2.23. The number of aromatic nitrogens is 2. The molecule has 0 aromatic carbocycles. The summed E-state index contributed by atoms with van der Waals surface area (Å²) in [5, 5.41) is 3.43. The molecule has 1 rings (SSSR count). The number of nitrogens with two attached hydrogens (primary N) is 1. The molecule has 0 amide bonds. The molecule has 1 aromatic rings. The maximum Gasteiger partial charge on any atom is 0.134 e. The van der Waals surface area contributed by atoms with Crippen molar-refractivity contribution in [3.8, 4) is 0 Å². The van der Waals surface area contributed by atoms with Crippen LogP contribution in [0.5, 0.6) is 0 Å². The van der Waals surface area contributed by atoms with E-state index in [2.05, 4.69) is 28.5 Å². The largest absolute Gasteiger partial charge is 0.383 e. The van der Waals surface area contributed by atoms with Gasteiger partial charge in [0.1, 0.15) is 17.5 Å². The van der Waals surface area contributed by atoms with Gasteiger partial charge in [0, 0.05) is 17.4 Å². The Morgan fingerprint density at radius 3 is 2.62 bits per heavy atom. The van der Waals surface area contributed by atoms with Crippen molar-refractivity contribution in [1.29, 1.82) is 0 Å². The summed E-state index contributed by atoms with van der Waals surface area (Å²) in [5.41, 5.74) is 6.75. The number of anilines is 2. The van der Waals surface area contributed by atoms with Crippen LogP contribution in [0.3, 0.4) is 0 Å². The Hall–Kier alpha value is -0.970. The van der Waals surface area contributed by atoms with Gasteiger partial charge in [-0.15, -0.1) is 0 Å². The molecular formula is C11H20N4S. The van der Waals surface area contributed by atoms with Gasteiger partial charge in [-0.3, -0.25) is 0 Å². The molecule has 0 radical (unpaired) electrons. The van der Waals surface area contributed by atoms with E-state index in [0.29, 0.717) is 17.7 Å². The molecule has 0 saturated heterocycles. The molecule has 0 saturated carbocycles. The smallest absolute Gasteiger partial charge is 0.134 e. The Balaban J connectivity index is 2.87. The molecule has 0 fully saturated rings. The molecule has 1 atom stereocenters. The maximum atomic E-state index is 5.82. The summed E-state index contributed by atoms with van der Waals surface area (Å²) in [4.78, 5) is 8.53. The lowest BCUT2D eigenvalue weighted by Gasteiger charge is -2.18. The molecular weight excluding hydrogens is 220 g/mol. The minimum Gasteiger partial charge on any atom is -0.383 e. The molecule has 1 unspecified atom stereocenters. The number of nitrogens with zero attached hydrogens (tertiary/aromatic N) is 2. The van der Waals surface area contributed by atoms with Gasteiger partial charge in [-0.25, -0.2) is 9.97 Å². The second kappa shape index (κ2) is 5.94. The third-order valence-corrected chi connectivity index (χ3v) is 3.23. The summed E-state index contributed by atoms with van der Waals surface area (Å²) < 4.78 is 0. The first-order chi connectivity index (χ1) is 7.58. The molecule has 0 spiro atoms. The quantitative estimate of drug-likeness (QED) is 0.826. The second-order valence-electron chi connectivity index (χ2n) is 3.83. The highest BCUT2D eigenvalue weighted by molar-refractivity contribution is 7.98. The Kier molecular flexibility index (Phi) is 4.86. The van der Waals surface area contributed by atoms with Gasteiger partial charge in [-0.1, -0.05) is 6.92 Å². The van der Waals surface area contributed by atoms with Crippen molar-refractivity contribution in [3.05, 3.63) is 11.4 Å². The number of nitrogens with one attached hydrogen (secondary N) is 1. The third-order valence-electron chi connectivity index (χ3n) is 2.50. The van der Waals surface area contributed by atoms with Crippen LogP contribution >= 0.6 is 11.8 Å². The lowest BCUT2D eigenvalue weighted by atomic mass is 10.2. The van der Waals surface area contributed by atoms with E-state index in [1.807, 2.05) is 25.6 Å².